The van der Waals surface area contributed by atoms with Gasteiger partial charge in [-0.2, -0.15) is 5.10 Å². The van der Waals surface area contributed by atoms with Crippen molar-refractivity contribution >= 4 is 17.4 Å². The molecule has 7 heteroatoms. The van der Waals surface area contributed by atoms with Gasteiger partial charge in [-0.25, -0.2) is 9.50 Å². The first kappa shape index (κ1) is 14.6. The maximum absolute atomic E-state index is 12.3. The van der Waals surface area contributed by atoms with E-state index in [4.69, 9.17) is 4.74 Å². The molecule has 3 heterocycles. The molecular weight excluding hydrogens is 306 g/mol. The Morgan fingerprint density at radius 2 is 1.92 bits per heavy atom. The molecule has 7 nitrogen and oxygen atoms in total. The number of carbonyl (C=O) groups is 1. The largest absolute Gasteiger partial charge is 0.378 e. The van der Waals surface area contributed by atoms with Crippen LogP contribution in [0.15, 0.2) is 42.7 Å². The van der Waals surface area contributed by atoms with Crippen molar-refractivity contribution in [3.63, 3.8) is 0 Å². The fourth-order valence-corrected chi connectivity index (χ4v) is 2.69. The summed E-state index contributed by atoms with van der Waals surface area (Å²) in [5.74, 6) is 0.659. The Hall–Kier alpha value is -2.93. The van der Waals surface area contributed by atoms with Gasteiger partial charge in [-0.15, -0.1) is 0 Å². The van der Waals surface area contributed by atoms with Crippen molar-refractivity contribution in [1.29, 1.82) is 0 Å². The Morgan fingerprint density at radius 3 is 2.83 bits per heavy atom. The molecule has 1 amide bonds. The number of fused-ring (bicyclic) bond motifs is 4. The number of benzene rings is 1. The summed E-state index contributed by atoms with van der Waals surface area (Å²) in [6.07, 6.45) is 3.63. The third kappa shape index (κ3) is 2.81. The van der Waals surface area contributed by atoms with E-state index in [1.807, 2.05) is 30.5 Å². The molecule has 0 saturated carbocycles. The van der Waals surface area contributed by atoms with E-state index in [0.29, 0.717) is 31.9 Å². The average Bonchev–Trinajstić information content (AvgIpc) is 3.03. The van der Waals surface area contributed by atoms with Gasteiger partial charge in [0.25, 0.3) is 5.91 Å². The standard InChI is InChI=1S/C17H17N5O2/c23-17-13-3-1-2-12(10-13)14-11-20-22-7-4-15(21-16(14)22)18-5-8-24-9-6-19-17/h1-4,7,10-11H,5-6,8-9H2,(H,18,21)(H,19,23). The lowest BCUT2D eigenvalue weighted by molar-refractivity contribution is 0.0921. The van der Waals surface area contributed by atoms with Gasteiger partial charge in [0.2, 0.25) is 0 Å². The van der Waals surface area contributed by atoms with Gasteiger partial charge in [-0.1, -0.05) is 12.1 Å². The molecule has 0 spiro atoms. The van der Waals surface area contributed by atoms with Crippen molar-refractivity contribution < 1.29 is 9.53 Å². The van der Waals surface area contributed by atoms with Crippen LogP contribution in [0.4, 0.5) is 5.82 Å². The predicted octanol–water partition coefficient (Wildman–Crippen LogP) is 1.57. The smallest absolute Gasteiger partial charge is 0.251 e. The van der Waals surface area contributed by atoms with E-state index in [-0.39, 0.29) is 5.91 Å². The first-order chi connectivity index (χ1) is 11.8. The zero-order valence-electron chi connectivity index (χ0n) is 13.0. The van der Waals surface area contributed by atoms with Gasteiger partial charge in [0, 0.05) is 30.4 Å². The molecule has 4 bridgehead atoms. The molecule has 0 aliphatic carbocycles. The van der Waals surface area contributed by atoms with Crippen LogP contribution in [0.5, 0.6) is 0 Å². The molecule has 0 unspecified atom stereocenters. The van der Waals surface area contributed by atoms with E-state index in [2.05, 4.69) is 20.7 Å². The number of hydrogen-bond donors (Lipinski definition) is 2. The minimum Gasteiger partial charge on any atom is -0.378 e. The Bertz CT molecular complexity index is 890. The second-order valence-corrected chi connectivity index (χ2v) is 5.52. The van der Waals surface area contributed by atoms with Crippen LogP contribution in [-0.4, -0.2) is 46.8 Å². The number of aromatic nitrogens is 3. The Labute approximate surface area is 138 Å². The third-order valence-electron chi connectivity index (χ3n) is 3.89. The molecule has 2 N–H and O–H groups in total. The molecule has 4 rings (SSSR count). The van der Waals surface area contributed by atoms with E-state index in [0.717, 1.165) is 22.6 Å². The molecular formula is C17H17N5O2. The second-order valence-electron chi connectivity index (χ2n) is 5.52. The van der Waals surface area contributed by atoms with Crippen LogP contribution in [0, 0.1) is 0 Å². The lowest BCUT2D eigenvalue weighted by Gasteiger charge is -2.08. The molecule has 24 heavy (non-hydrogen) atoms. The van der Waals surface area contributed by atoms with Gasteiger partial charge in [-0.3, -0.25) is 4.79 Å². The summed E-state index contributed by atoms with van der Waals surface area (Å²) >= 11 is 0. The predicted molar refractivity (Wildman–Crippen MR) is 90.1 cm³/mol. The van der Waals surface area contributed by atoms with E-state index >= 15 is 0 Å². The van der Waals surface area contributed by atoms with Crippen molar-refractivity contribution in [1.82, 2.24) is 19.9 Å². The molecule has 122 valence electrons. The number of amides is 1. The summed E-state index contributed by atoms with van der Waals surface area (Å²) in [4.78, 5) is 16.9. The van der Waals surface area contributed by atoms with Crippen molar-refractivity contribution in [2.75, 3.05) is 31.6 Å². The van der Waals surface area contributed by atoms with Crippen LogP contribution in [0.2, 0.25) is 0 Å². The minimum absolute atomic E-state index is 0.112. The first-order valence-corrected chi connectivity index (χ1v) is 7.86. The maximum atomic E-state index is 12.3. The monoisotopic (exact) mass is 323 g/mol. The fourth-order valence-electron chi connectivity index (χ4n) is 2.69. The number of anilines is 1. The molecule has 1 aliphatic rings. The van der Waals surface area contributed by atoms with Gasteiger partial charge in [0.15, 0.2) is 5.65 Å². The number of carbonyl (C=O) groups excluding carboxylic acids is 1. The summed E-state index contributed by atoms with van der Waals surface area (Å²) in [6.45, 7) is 2.15. The van der Waals surface area contributed by atoms with Gasteiger partial charge < -0.3 is 15.4 Å². The van der Waals surface area contributed by atoms with Gasteiger partial charge in [-0.05, 0) is 23.8 Å². The van der Waals surface area contributed by atoms with Crippen LogP contribution in [-0.2, 0) is 4.74 Å². The number of nitrogens with zero attached hydrogens (tertiary/aromatic N) is 3. The van der Waals surface area contributed by atoms with Crippen LogP contribution >= 0.6 is 0 Å². The number of hydrogen-bond acceptors (Lipinski definition) is 5. The fraction of sp³-hybridized carbons (Fsp3) is 0.235. The molecule has 0 saturated heterocycles. The lowest BCUT2D eigenvalue weighted by Crippen LogP contribution is -2.27. The Morgan fingerprint density at radius 1 is 1.08 bits per heavy atom. The highest BCUT2D eigenvalue weighted by molar-refractivity contribution is 5.96. The topological polar surface area (TPSA) is 80.5 Å². The van der Waals surface area contributed by atoms with Crippen molar-refractivity contribution in [3.05, 3.63) is 48.3 Å². The molecule has 0 atom stereocenters. The van der Waals surface area contributed by atoms with E-state index in [1.165, 1.54) is 0 Å². The second kappa shape index (κ2) is 6.29. The highest BCUT2D eigenvalue weighted by atomic mass is 16.5. The molecule has 1 aliphatic heterocycles. The van der Waals surface area contributed by atoms with Gasteiger partial charge >= 0.3 is 0 Å². The molecule has 2 aromatic heterocycles. The van der Waals surface area contributed by atoms with Crippen molar-refractivity contribution in [2.24, 2.45) is 0 Å². The van der Waals surface area contributed by atoms with Gasteiger partial charge in [0.05, 0.1) is 19.4 Å². The first-order valence-electron chi connectivity index (χ1n) is 7.86. The summed E-state index contributed by atoms with van der Waals surface area (Å²) in [5, 5.41) is 10.4. The average molecular weight is 323 g/mol. The summed E-state index contributed by atoms with van der Waals surface area (Å²) in [6, 6.07) is 9.35. The van der Waals surface area contributed by atoms with E-state index < -0.39 is 0 Å². The molecule has 1 aromatic carbocycles. The number of rotatable bonds is 0. The highest BCUT2D eigenvalue weighted by Crippen LogP contribution is 2.25. The normalized spacial score (nSPS) is 15.4. The molecule has 3 aromatic rings. The van der Waals surface area contributed by atoms with Crippen LogP contribution in [0.3, 0.4) is 0 Å². The summed E-state index contributed by atoms with van der Waals surface area (Å²) in [7, 11) is 0. The zero-order chi connectivity index (χ0) is 16.4. The van der Waals surface area contributed by atoms with E-state index in [9.17, 15) is 4.79 Å². The maximum Gasteiger partial charge on any atom is 0.251 e. The van der Waals surface area contributed by atoms with Crippen LogP contribution < -0.4 is 10.6 Å². The third-order valence-corrected chi connectivity index (χ3v) is 3.89. The summed E-state index contributed by atoms with van der Waals surface area (Å²) < 4.78 is 7.23. The molecule has 0 fully saturated rings. The zero-order valence-corrected chi connectivity index (χ0v) is 13.0. The molecule has 0 radical (unpaired) electrons. The quantitative estimate of drug-likeness (QED) is 0.656. The number of nitrogens with one attached hydrogen (secondary N) is 2. The van der Waals surface area contributed by atoms with E-state index in [1.54, 1.807) is 16.8 Å². The SMILES string of the molecule is O=C1NCCOCCNc2ccn3ncc(c3n2)-c2cccc1c2. The lowest BCUT2D eigenvalue weighted by atomic mass is 10.1. The van der Waals surface area contributed by atoms with Crippen LogP contribution in [0.1, 0.15) is 10.4 Å². The van der Waals surface area contributed by atoms with Gasteiger partial charge in [0.1, 0.15) is 5.82 Å². The highest BCUT2D eigenvalue weighted by Gasteiger charge is 2.12. The van der Waals surface area contributed by atoms with Crippen molar-refractivity contribution in [2.45, 2.75) is 0 Å². The Balaban J connectivity index is 1.82. The number of ether oxygens (including phenoxy) is 1. The Kier molecular flexibility index (Phi) is 3.84. The minimum atomic E-state index is -0.112. The summed E-state index contributed by atoms with van der Waals surface area (Å²) in [5.41, 5.74) is 3.15. The van der Waals surface area contributed by atoms with Crippen molar-refractivity contribution in [3.8, 4) is 11.1 Å². The van der Waals surface area contributed by atoms with Crippen LogP contribution in [0.25, 0.3) is 16.8 Å².